The highest BCUT2D eigenvalue weighted by atomic mass is 16.3. The maximum absolute atomic E-state index is 12.8. The summed E-state index contributed by atoms with van der Waals surface area (Å²) in [6.45, 7) is 6.53. The lowest BCUT2D eigenvalue weighted by atomic mass is 9.50. The van der Waals surface area contributed by atoms with Gasteiger partial charge in [0.25, 0.3) is 0 Å². The summed E-state index contributed by atoms with van der Waals surface area (Å²) in [7, 11) is 0. The van der Waals surface area contributed by atoms with Gasteiger partial charge in [-0.1, -0.05) is 20.8 Å². The molecule has 3 nitrogen and oxygen atoms in total. The molecule has 0 radical (unpaired) electrons. The van der Waals surface area contributed by atoms with Gasteiger partial charge in [-0.2, -0.15) is 0 Å². The SMILES string of the molecule is C[C@@H]1CC[C@]2(O)C[C@@]34[C@@H](C)[C@H](O)CC(=O)[C@]3(C)CC[C@H]4[C@H]12. The Morgan fingerprint density at radius 2 is 1.90 bits per heavy atom. The molecular weight excluding hydrogens is 264 g/mol. The van der Waals surface area contributed by atoms with E-state index in [2.05, 4.69) is 20.8 Å². The molecule has 0 unspecified atom stereocenters. The number of carbonyl (C=O) groups is 1. The Morgan fingerprint density at radius 3 is 2.62 bits per heavy atom. The zero-order valence-corrected chi connectivity index (χ0v) is 13.4. The molecule has 3 heteroatoms. The number of aliphatic hydroxyl groups is 2. The second kappa shape index (κ2) is 3.91. The van der Waals surface area contributed by atoms with E-state index in [0.29, 0.717) is 24.2 Å². The second-order valence-corrected chi connectivity index (χ2v) is 8.82. The summed E-state index contributed by atoms with van der Waals surface area (Å²) in [5.41, 5.74) is -1.08. The third-order valence-corrected chi connectivity index (χ3v) is 8.34. The summed E-state index contributed by atoms with van der Waals surface area (Å²) < 4.78 is 0. The maximum atomic E-state index is 12.8. The maximum Gasteiger partial charge on any atom is 0.141 e. The van der Waals surface area contributed by atoms with Crippen LogP contribution in [0.3, 0.4) is 0 Å². The number of ketones is 1. The smallest absolute Gasteiger partial charge is 0.141 e. The summed E-state index contributed by atoms with van der Waals surface area (Å²) >= 11 is 0. The molecule has 0 aromatic carbocycles. The van der Waals surface area contributed by atoms with E-state index < -0.39 is 11.7 Å². The topological polar surface area (TPSA) is 57.5 Å². The van der Waals surface area contributed by atoms with Crippen molar-refractivity contribution in [2.45, 2.75) is 71.0 Å². The molecule has 0 aliphatic heterocycles. The summed E-state index contributed by atoms with van der Waals surface area (Å²) in [5, 5.41) is 21.7. The highest BCUT2D eigenvalue weighted by Crippen LogP contribution is 2.76. The molecule has 0 heterocycles. The molecule has 0 saturated heterocycles. The lowest BCUT2D eigenvalue weighted by molar-refractivity contribution is -0.159. The van der Waals surface area contributed by atoms with Gasteiger partial charge in [-0.25, -0.2) is 0 Å². The Balaban J connectivity index is 1.87. The quantitative estimate of drug-likeness (QED) is 0.721. The Hall–Kier alpha value is -0.410. The fourth-order valence-electron chi connectivity index (χ4n) is 7.34. The van der Waals surface area contributed by atoms with E-state index in [4.69, 9.17) is 0 Å². The summed E-state index contributed by atoms with van der Waals surface area (Å²) in [6, 6.07) is 0. The van der Waals surface area contributed by atoms with Gasteiger partial charge in [0, 0.05) is 11.8 Å². The van der Waals surface area contributed by atoms with Crippen molar-refractivity contribution in [2.24, 2.45) is 34.5 Å². The van der Waals surface area contributed by atoms with Crippen LogP contribution in [0, 0.1) is 34.5 Å². The minimum atomic E-state index is -0.586. The normalized spacial score (nSPS) is 62.5. The van der Waals surface area contributed by atoms with Gasteiger partial charge in [0.15, 0.2) is 0 Å². The molecule has 0 aromatic rings. The number of carbonyl (C=O) groups excluding carboxylic acids is 1. The zero-order valence-electron chi connectivity index (χ0n) is 13.4. The van der Waals surface area contributed by atoms with Crippen LogP contribution in [0.1, 0.15) is 59.3 Å². The van der Waals surface area contributed by atoms with E-state index in [1.165, 1.54) is 0 Å². The first-order valence-corrected chi connectivity index (χ1v) is 8.70. The predicted molar refractivity (Wildman–Crippen MR) is 79.5 cm³/mol. The molecule has 4 aliphatic carbocycles. The highest BCUT2D eigenvalue weighted by molar-refractivity contribution is 5.87. The van der Waals surface area contributed by atoms with Gasteiger partial charge in [-0.05, 0) is 61.2 Å². The van der Waals surface area contributed by atoms with E-state index in [1.807, 2.05) is 0 Å². The van der Waals surface area contributed by atoms with Crippen LogP contribution in [-0.4, -0.2) is 27.7 Å². The molecule has 4 saturated carbocycles. The number of aliphatic hydroxyl groups excluding tert-OH is 1. The van der Waals surface area contributed by atoms with Gasteiger partial charge in [0.2, 0.25) is 0 Å². The molecule has 8 atom stereocenters. The van der Waals surface area contributed by atoms with E-state index in [0.717, 1.165) is 32.1 Å². The number of hydrogen-bond acceptors (Lipinski definition) is 3. The van der Waals surface area contributed by atoms with Gasteiger partial charge in [0.05, 0.1) is 11.7 Å². The summed E-state index contributed by atoms with van der Waals surface area (Å²) in [4.78, 5) is 12.8. The first-order chi connectivity index (χ1) is 9.76. The van der Waals surface area contributed by atoms with Gasteiger partial charge < -0.3 is 10.2 Å². The minimum Gasteiger partial charge on any atom is -0.392 e. The molecule has 0 amide bonds. The van der Waals surface area contributed by atoms with E-state index >= 15 is 0 Å². The van der Waals surface area contributed by atoms with Crippen LogP contribution in [0.4, 0.5) is 0 Å². The molecule has 1 spiro atoms. The van der Waals surface area contributed by atoms with Crippen molar-refractivity contribution in [3.63, 3.8) is 0 Å². The largest absolute Gasteiger partial charge is 0.392 e. The zero-order chi connectivity index (χ0) is 15.2. The third-order valence-electron chi connectivity index (χ3n) is 8.34. The Kier molecular flexibility index (Phi) is 2.65. The van der Waals surface area contributed by atoms with Gasteiger partial charge in [-0.15, -0.1) is 0 Å². The first kappa shape index (κ1) is 14.2. The van der Waals surface area contributed by atoms with Crippen molar-refractivity contribution in [3.05, 3.63) is 0 Å². The van der Waals surface area contributed by atoms with Crippen molar-refractivity contribution >= 4 is 5.78 Å². The van der Waals surface area contributed by atoms with Gasteiger partial charge >= 0.3 is 0 Å². The summed E-state index contributed by atoms with van der Waals surface area (Å²) in [5.74, 6) is 1.66. The van der Waals surface area contributed by atoms with Crippen molar-refractivity contribution in [1.82, 2.24) is 0 Å². The standard InChI is InChI=1S/C18H28O3/c1-10-4-7-17(21)9-18-11(2)13(19)8-14(20)16(18,3)6-5-12(18)15(10)17/h10-13,15,19,21H,4-9H2,1-3H3/t10-,11+,12+,13-,15+,16+,17+,18+/m1/s1. The molecule has 118 valence electrons. The van der Waals surface area contributed by atoms with Crippen molar-refractivity contribution in [1.29, 1.82) is 0 Å². The molecule has 4 aliphatic rings. The van der Waals surface area contributed by atoms with Crippen LogP contribution in [0.25, 0.3) is 0 Å². The fourth-order valence-corrected chi connectivity index (χ4v) is 7.34. The molecular formula is C18H28O3. The van der Waals surface area contributed by atoms with Crippen molar-refractivity contribution in [3.8, 4) is 0 Å². The van der Waals surface area contributed by atoms with Crippen LogP contribution in [0.5, 0.6) is 0 Å². The monoisotopic (exact) mass is 292 g/mol. The van der Waals surface area contributed by atoms with Crippen molar-refractivity contribution < 1.29 is 15.0 Å². The van der Waals surface area contributed by atoms with Crippen LogP contribution in [0.2, 0.25) is 0 Å². The second-order valence-electron chi connectivity index (χ2n) is 8.82. The Morgan fingerprint density at radius 1 is 1.19 bits per heavy atom. The number of rotatable bonds is 0. The van der Waals surface area contributed by atoms with E-state index in [1.54, 1.807) is 0 Å². The van der Waals surface area contributed by atoms with Crippen LogP contribution >= 0.6 is 0 Å². The average molecular weight is 292 g/mol. The van der Waals surface area contributed by atoms with Crippen molar-refractivity contribution in [2.75, 3.05) is 0 Å². The number of Topliss-reactive ketones (excluding diaryl/α,β-unsaturated/α-hetero) is 1. The average Bonchev–Trinajstić information content (AvgIpc) is 2.96. The molecule has 0 aromatic heterocycles. The lowest BCUT2D eigenvalue weighted by Gasteiger charge is -2.53. The highest BCUT2D eigenvalue weighted by Gasteiger charge is 2.75. The molecule has 4 fully saturated rings. The molecule has 4 rings (SSSR count). The number of fused-ring (bicyclic) bond motifs is 2. The molecule has 2 N–H and O–H groups in total. The summed E-state index contributed by atoms with van der Waals surface area (Å²) in [6.07, 6.45) is 4.51. The Bertz CT molecular complexity index is 503. The fraction of sp³-hybridized carbons (Fsp3) is 0.944. The molecule has 0 bridgehead atoms. The molecule has 21 heavy (non-hydrogen) atoms. The van der Waals surface area contributed by atoms with E-state index in [-0.39, 0.29) is 22.5 Å². The predicted octanol–water partition coefficient (Wildman–Crippen LogP) is 2.54. The van der Waals surface area contributed by atoms with Crippen LogP contribution < -0.4 is 0 Å². The van der Waals surface area contributed by atoms with Crippen LogP contribution in [0.15, 0.2) is 0 Å². The van der Waals surface area contributed by atoms with Gasteiger partial charge in [0.1, 0.15) is 5.78 Å². The minimum absolute atomic E-state index is 0.120. The third kappa shape index (κ3) is 1.37. The first-order valence-electron chi connectivity index (χ1n) is 8.70. The van der Waals surface area contributed by atoms with E-state index in [9.17, 15) is 15.0 Å². The Labute approximate surface area is 127 Å². The number of hydrogen-bond donors (Lipinski definition) is 2. The lowest BCUT2D eigenvalue weighted by Crippen LogP contribution is -2.56. The van der Waals surface area contributed by atoms with Gasteiger partial charge in [-0.3, -0.25) is 4.79 Å². The van der Waals surface area contributed by atoms with Crippen LogP contribution in [-0.2, 0) is 4.79 Å².